The summed E-state index contributed by atoms with van der Waals surface area (Å²) in [6, 6.07) is 3.82. The monoisotopic (exact) mass is 159 g/mol. The zero-order valence-electron chi connectivity index (χ0n) is 6.57. The Morgan fingerprint density at radius 3 is 3.08 bits per heavy atom. The molecule has 3 nitrogen and oxygen atoms in total. The molecular weight excluding hydrogens is 150 g/mol. The molecule has 0 fully saturated rings. The molecular formula is C9H9N3. The van der Waals surface area contributed by atoms with Gasteiger partial charge in [-0.15, -0.1) is 0 Å². The van der Waals surface area contributed by atoms with Crippen molar-refractivity contribution < 1.29 is 0 Å². The third-order valence-corrected chi connectivity index (χ3v) is 1.30. The van der Waals surface area contributed by atoms with Crippen LogP contribution < -0.4 is 5.73 Å². The van der Waals surface area contributed by atoms with Crippen LogP contribution >= 0.6 is 0 Å². The second kappa shape index (κ2) is 4.14. The predicted octanol–water partition coefficient (Wildman–Crippen LogP) is 1.59. The molecule has 60 valence electrons. The van der Waals surface area contributed by atoms with Gasteiger partial charge < -0.3 is 5.73 Å². The Labute approximate surface area is 71.2 Å². The number of aromatic nitrogens is 1. The van der Waals surface area contributed by atoms with Crippen LogP contribution in [0.25, 0.3) is 6.08 Å². The molecule has 1 rings (SSSR count). The van der Waals surface area contributed by atoms with Crippen LogP contribution in [0, 0.1) is 11.3 Å². The van der Waals surface area contributed by atoms with Crippen molar-refractivity contribution in [2.24, 2.45) is 0 Å². The minimum atomic E-state index is 0.412. The van der Waals surface area contributed by atoms with Gasteiger partial charge in [0.25, 0.3) is 0 Å². The molecule has 0 bridgehead atoms. The number of hydrogen-bond acceptors (Lipinski definition) is 3. The second-order valence-corrected chi connectivity index (χ2v) is 2.32. The van der Waals surface area contributed by atoms with Gasteiger partial charge in [-0.3, -0.25) is 4.98 Å². The molecule has 1 heterocycles. The Bertz CT molecular complexity index is 323. The van der Waals surface area contributed by atoms with Crippen molar-refractivity contribution in [3.05, 3.63) is 30.1 Å². The Hall–Kier alpha value is -1.82. The Morgan fingerprint density at radius 1 is 1.58 bits per heavy atom. The lowest BCUT2D eigenvalue weighted by molar-refractivity contribution is 1.31. The fraction of sp³-hybridized carbons (Fsp3) is 0.111. The van der Waals surface area contributed by atoms with Crippen molar-refractivity contribution in [2.45, 2.75) is 6.42 Å². The maximum absolute atomic E-state index is 8.26. The molecule has 0 aliphatic heterocycles. The van der Waals surface area contributed by atoms with E-state index in [-0.39, 0.29) is 0 Å². The van der Waals surface area contributed by atoms with Gasteiger partial charge in [-0.1, -0.05) is 12.2 Å². The molecule has 3 heteroatoms. The van der Waals surface area contributed by atoms with Crippen LogP contribution in [-0.2, 0) is 0 Å². The number of hydrogen-bond donors (Lipinski definition) is 1. The smallest absolute Gasteiger partial charge is 0.0663 e. The van der Waals surface area contributed by atoms with E-state index in [4.69, 9.17) is 11.0 Å². The molecule has 0 aliphatic rings. The highest BCUT2D eigenvalue weighted by atomic mass is 14.7. The van der Waals surface area contributed by atoms with E-state index in [9.17, 15) is 0 Å². The maximum Gasteiger partial charge on any atom is 0.0663 e. The zero-order chi connectivity index (χ0) is 8.81. The Balaban J connectivity index is 2.71. The molecule has 0 aliphatic carbocycles. The van der Waals surface area contributed by atoms with E-state index >= 15 is 0 Å². The van der Waals surface area contributed by atoms with Crippen LogP contribution in [0.2, 0.25) is 0 Å². The summed E-state index contributed by atoms with van der Waals surface area (Å²) in [5, 5.41) is 8.26. The molecule has 2 N–H and O–H groups in total. The second-order valence-electron chi connectivity index (χ2n) is 2.32. The highest BCUT2D eigenvalue weighted by Crippen LogP contribution is 2.05. The molecule has 1 aromatic heterocycles. The summed E-state index contributed by atoms with van der Waals surface area (Å²) in [5.74, 6) is 0. The van der Waals surface area contributed by atoms with Gasteiger partial charge in [0.15, 0.2) is 0 Å². The first-order valence-electron chi connectivity index (χ1n) is 3.57. The third-order valence-electron chi connectivity index (χ3n) is 1.30. The summed E-state index contributed by atoms with van der Waals surface area (Å²) in [4.78, 5) is 3.90. The van der Waals surface area contributed by atoms with Gasteiger partial charge in [-0.2, -0.15) is 5.26 Å². The fourth-order valence-electron chi connectivity index (χ4n) is 0.815. The molecule has 0 spiro atoms. The topological polar surface area (TPSA) is 62.7 Å². The van der Waals surface area contributed by atoms with Crippen LogP contribution in [0.5, 0.6) is 0 Å². The summed E-state index contributed by atoms with van der Waals surface area (Å²) >= 11 is 0. The van der Waals surface area contributed by atoms with Gasteiger partial charge in [0.05, 0.1) is 18.2 Å². The van der Waals surface area contributed by atoms with E-state index in [1.54, 1.807) is 24.5 Å². The predicted molar refractivity (Wildman–Crippen MR) is 47.9 cm³/mol. The van der Waals surface area contributed by atoms with E-state index in [2.05, 4.69) is 4.98 Å². The number of rotatable bonds is 2. The lowest BCUT2D eigenvalue weighted by atomic mass is 10.2. The van der Waals surface area contributed by atoms with Gasteiger partial charge in [0.1, 0.15) is 0 Å². The highest BCUT2D eigenvalue weighted by Gasteiger charge is 1.87. The minimum Gasteiger partial charge on any atom is -0.397 e. The normalized spacial score (nSPS) is 9.92. The molecule has 0 amide bonds. The molecule has 0 atom stereocenters. The Morgan fingerprint density at radius 2 is 2.42 bits per heavy atom. The maximum atomic E-state index is 8.26. The largest absolute Gasteiger partial charge is 0.397 e. The van der Waals surface area contributed by atoms with E-state index in [1.807, 2.05) is 12.1 Å². The van der Waals surface area contributed by atoms with Gasteiger partial charge in [-0.05, 0) is 11.6 Å². The van der Waals surface area contributed by atoms with E-state index in [0.29, 0.717) is 12.1 Å². The van der Waals surface area contributed by atoms with Crippen LogP contribution in [-0.4, -0.2) is 4.98 Å². The number of nitrogens with two attached hydrogens (primary N) is 1. The van der Waals surface area contributed by atoms with Crippen molar-refractivity contribution in [3.8, 4) is 6.07 Å². The standard InChI is InChI=1S/C9H9N3/c10-4-2-1-3-8-5-9(11)7-12-6-8/h1,3,5-7H,2,11H2. The number of anilines is 1. The van der Waals surface area contributed by atoms with E-state index in [1.165, 1.54) is 0 Å². The average molecular weight is 159 g/mol. The van der Waals surface area contributed by atoms with Crippen molar-refractivity contribution in [2.75, 3.05) is 5.73 Å². The minimum absolute atomic E-state index is 0.412. The van der Waals surface area contributed by atoms with Crippen molar-refractivity contribution in [3.63, 3.8) is 0 Å². The number of pyridine rings is 1. The van der Waals surface area contributed by atoms with Gasteiger partial charge in [-0.25, -0.2) is 0 Å². The molecule has 0 aromatic carbocycles. The molecule has 0 unspecified atom stereocenters. The number of nitrogens with zero attached hydrogens (tertiary/aromatic N) is 2. The number of nitriles is 1. The lowest BCUT2D eigenvalue weighted by Gasteiger charge is -1.93. The average Bonchev–Trinajstić information content (AvgIpc) is 2.05. The summed E-state index contributed by atoms with van der Waals surface area (Å²) < 4.78 is 0. The number of nitrogen functional groups attached to an aromatic ring is 1. The molecule has 0 saturated heterocycles. The van der Waals surface area contributed by atoms with Crippen LogP contribution in [0.3, 0.4) is 0 Å². The van der Waals surface area contributed by atoms with Crippen LogP contribution in [0.1, 0.15) is 12.0 Å². The zero-order valence-corrected chi connectivity index (χ0v) is 6.57. The first kappa shape index (κ1) is 8.28. The third kappa shape index (κ3) is 2.43. The SMILES string of the molecule is N#CCC=Cc1cncc(N)c1. The number of allylic oxidation sites excluding steroid dienone is 1. The van der Waals surface area contributed by atoms with Crippen molar-refractivity contribution in [1.29, 1.82) is 5.26 Å². The quantitative estimate of drug-likeness (QED) is 0.712. The first-order chi connectivity index (χ1) is 5.83. The van der Waals surface area contributed by atoms with Crippen molar-refractivity contribution in [1.82, 2.24) is 4.98 Å². The van der Waals surface area contributed by atoms with Crippen LogP contribution in [0.15, 0.2) is 24.5 Å². The first-order valence-corrected chi connectivity index (χ1v) is 3.57. The van der Waals surface area contributed by atoms with Crippen LogP contribution in [0.4, 0.5) is 5.69 Å². The lowest BCUT2D eigenvalue weighted by Crippen LogP contribution is -1.86. The van der Waals surface area contributed by atoms with Crippen molar-refractivity contribution >= 4 is 11.8 Å². The van der Waals surface area contributed by atoms with E-state index < -0.39 is 0 Å². The summed E-state index contributed by atoms with van der Waals surface area (Å²) in [7, 11) is 0. The van der Waals surface area contributed by atoms with Gasteiger partial charge >= 0.3 is 0 Å². The van der Waals surface area contributed by atoms with Gasteiger partial charge in [0.2, 0.25) is 0 Å². The molecule has 12 heavy (non-hydrogen) atoms. The summed E-state index contributed by atoms with van der Waals surface area (Å²) in [6.45, 7) is 0. The fourth-order valence-corrected chi connectivity index (χ4v) is 0.815. The summed E-state index contributed by atoms with van der Waals surface area (Å²) in [6.07, 6.45) is 7.30. The highest BCUT2D eigenvalue weighted by molar-refractivity contribution is 5.53. The molecule has 0 radical (unpaired) electrons. The summed E-state index contributed by atoms with van der Waals surface area (Å²) in [5.41, 5.74) is 7.06. The molecule has 1 aromatic rings. The Kier molecular flexibility index (Phi) is 2.86. The molecule has 0 saturated carbocycles. The van der Waals surface area contributed by atoms with Gasteiger partial charge in [0, 0.05) is 12.4 Å². The van der Waals surface area contributed by atoms with E-state index in [0.717, 1.165) is 5.56 Å².